The smallest absolute Gasteiger partial charge is 0.331 e. The second-order valence-corrected chi connectivity index (χ2v) is 3.72. The van der Waals surface area contributed by atoms with E-state index in [-0.39, 0.29) is 6.61 Å². The van der Waals surface area contributed by atoms with E-state index >= 15 is 0 Å². The van der Waals surface area contributed by atoms with Crippen molar-refractivity contribution in [3.8, 4) is 0 Å². The summed E-state index contributed by atoms with van der Waals surface area (Å²) >= 11 is 0. The lowest BCUT2D eigenvalue weighted by Gasteiger charge is -2.20. The fraction of sp³-hybridized carbons (Fsp3) is 0.545. The number of aliphatic carboxylic acids is 1. The summed E-state index contributed by atoms with van der Waals surface area (Å²) in [5, 5.41) is 17.7. The number of hydrogen-bond acceptors (Lipinski definition) is 6. The van der Waals surface area contributed by atoms with Crippen molar-refractivity contribution in [1.29, 1.82) is 0 Å². The Labute approximate surface area is 104 Å². The van der Waals surface area contributed by atoms with Crippen LogP contribution >= 0.6 is 0 Å². The minimum absolute atomic E-state index is 0.180. The first-order valence-corrected chi connectivity index (χ1v) is 5.21. The van der Waals surface area contributed by atoms with E-state index in [9.17, 15) is 14.4 Å². The van der Waals surface area contributed by atoms with Crippen LogP contribution in [0.1, 0.15) is 13.8 Å². The summed E-state index contributed by atoms with van der Waals surface area (Å²) in [4.78, 5) is 32.8. The lowest BCUT2D eigenvalue weighted by molar-refractivity contribution is -0.158. The summed E-state index contributed by atoms with van der Waals surface area (Å²) in [5.74, 6) is -2.87. The molecule has 0 aliphatic carbocycles. The molecule has 0 aliphatic rings. The van der Waals surface area contributed by atoms with Gasteiger partial charge < -0.3 is 19.7 Å². The van der Waals surface area contributed by atoms with E-state index in [1.165, 1.54) is 6.92 Å². The van der Waals surface area contributed by atoms with Gasteiger partial charge in [0.05, 0.1) is 13.2 Å². The maximum Gasteiger partial charge on any atom is 0.331 e. The van der Waals surface area contributed by atoms with Gasteiger partial charge in [-0.1, -0.05) is 0 Å². The van der Waals surface area contributed by atoms with E-state index in [1.54, 1.807) is 6.92 Å². The monoisotopic (exact) mass is 260 g/mol. The molecule has 0 aliphatic heterocycles. The fourth-order valence-electron chi connectivity index (χ4n) is 0.780. The van der Waals surface area contributed by atoms with Crippen molar-refractivity contribution >= 4 is 17.9 Å². The Balaban J connectivity index is 4.26. The Bertz CT molecular complexity index is 347. The topological polar surface area (TPSA) is 110 Å². The summed E-state index contributed by atoms with van der Waals surface area (Å²) in [7, 11) is 0. The SMILES string of the molecule is CCOC(=O)/C=C/C(=O)OCC(C)(CO)C(=O)O. The van der Waals surface area contributed by atoms with Crippen LogP contribution in [-0.2, 0) is 23.9 Å². The highest BCUT2D eigenvalue weighted by atomic mass is 16.5. The summed E-state index contributed by atoms with van der Waals surface area (Å²) in [6, 6.07) is 0. The van der Waals surface area contributed by atoms with Gasteiger partial charge in [0, 0.05) is 12.2 Å². The van der Waals surface area contributed by atoms with Gasteiger partial charge in [0.25, 0.3) is 0 Å². The molecule has 0 saturated carbocycles. The van der Waals surface area contributed by atoms with Crippen LogP contribution in [0.3, 0.4) is 0 Å². The molecule has 0 aromatic heterocycles. The largest absolute Gasteiger partial charge is 0.481 e. The van der Waals surface area contributed by atoms with Gasteiger partial charge in [-0.05, 0) is 13.8 Å². The van der Waals surface area contributed by atoms with Gasteiger partial charge in [0.2, 0.25) is 0 Å². The third-order valence-electron chi connectivity index (χ3n) is 2.04. The van der Waals surface area contributed by atoms with Crippen molar-refractivity contribution in [3.05, 3.63) is 12.2 Å². The molecule has 1 atom stereocenters. The first kappa shape index (κ1) is 16.1. The second-order valence-electron chi connectivity index (χ2n) is 3.72. The molecule has 0 aromatic rings. The molecule has 0 fully saturated rings. The molecule has 0 heterocycles. The molecule has 7 heteroatoms. The molecule has 102 valence electrons. The average Bonchev–Trinajstić information content (AvgIpc) is 2.33. The summed E-state index contributed by atoms with van der Waals surface area (Å²) < 4.78 is 9.14. The Morgan fingerprint density at radius 1 is 1.17 bits per heavy atom. The molecular formula is C11H16O7. The maximum absolute atomic E-state index is 11.1. The number of carbonyl (C=O) groups excluding carboxylic acids is 2. The highest BCUT2D eigenvalue weighted by Crippen LogP contribution is 2.15. The number of aliphatic hydroxyl groups is 1. The second kappa shape index (κ2) is 7.44. The summed E-state index contributed by atoms with van der Waals surface area (Å²) in [5.41, 5.74) is -1.56. The minimum Gasteiger partial charge on any atom is -0.481 e. The van der Waals surface area contributed by atoms with Crippen molar-refractivity contribution in [2.45, 2.75) is 13.8 Å². The Morgan fingerprint density at radius 2 is 1.67 bits per heavy atom. The predicted molar refractivity (Wildman–Crippen MR) is 59.6 cm³/mol. The normalized spacial score (nSPS) is 13.9. The average molecular weight is 260 g/mol. The quantitative estimate of drug-likeness (QED) is 0.479. The molecule has 0 amide bonds. The lowest BCUT2D eigenvalue weighted by atomic mass is 9.93. The van der Waals surface area contributed by atoms with Crippen LogP contribution in [0.5, 0.6) is 0 Å². The van der Waals surface area contributed by atoms with E-state index in [2.05, 4.69) is 9.47 Å². The lowest BCUT2D eigenvalue weighted by Crippen LogP contribution is -2.37. The van der Waals surface area contributed by atoms with Gasteiger partial charge in [-0.15, -0.1) is 0 Å². The number of rotatable bonds is 7. The van der Waals surface area contributed by atoms with Gasteiger partial charge in [0.15, 0.2) is 0 Å². The molecule has 1 unspecified atom stereocenters. The fourth-order valence-corrected chi connectivity index (χ4v) is 0.780. The number of esters is 2. The standard InChI is InChI=1S/C11H16O7/c1-3-17-8(13)4-5-9(14)18-7-11(2,6-12)10(15)16/h4-5,12H,3,6-7H2,1-2H3,(H,15,16)/b5-4+. The van der Waals surface area contributed by atoms with Crippen LogP contribution < -0.4 is 0 Å². The van der Waals surface area contributed by atoms with Gasteiger partial charge in [-0.25, -0.2) is 9.59 Å². The zero-order valence-electron chi connectivity index (χ0n) is 10.2. The molecule has 18 heavy (non-hydrogen) atoms. The molecule has 0 radical (unpaired) electrons. The van der Waals surface area contributed by atoms with Crippen LogP contribution in [0.25, 0.3) is 0 Å². The number of carbonyl (C=O) groups is 3. The van der Waals surface area contributed by atoms with E-state index < -0.39 is 36.5 Å². The van der Waals surface area contributed by atoms with Crippen LogP contribution in [-0.4, -0.2) is 47.9 Å². The van der Waals surface area contributed by atoms with Gasteiger partial charge in [-0.2, -0.15) is 0 Å². The predicted octanol–water partition coefficient (Wildman–Crippen LogP) is -0.268. The summed E-state index contributed by atoms with van der Waals surface area (Å²) in [6.07, 6.45) is 1.71. The molecule has 0 aromatic carbocycles. The van der Waals surface area contributed by atoms with Crippen LogP contribution in [0.15, 0.2) is 12.2 Å². The highest BCUT2D eigenvalue weighted by Gasteiger charge is 2.34. The third-order valence-corrected chi connectivity index (χ3v) is 2.04. The van der Waals surface area contributed by atoms with Crippen LogP contribution in [0, 0.1) is 5.41 Å². The van der Waals surface area contributed by atoms with Crippen molar-refractivity contribution in [3.63, 3.8) is 0 Å². The van der Waals surface area contributed by atoms with E-state index in [4.69, 9.17) is 10.2 Å². The maximum atomic E-state index is 11.1. The molecule has 7 nitrogen and oxygen atoms in total. The van der Waals surface area contributed by atoms with Crippen molar-refractivity contribution < 1.29 is 34.1 Å². The molecule has 0 spiro atoms. The van der Waals surface area contributed by atoms with Crippen molar-refractivity contribution in [2.75, 3.05) is 19.8 Å². The van der Waals surface area contributed by atoms with Crippen LogP contribution in [0.4, 0.5) is 0 Å². The number of aliphatic hydroxyl groups excluding tert-OH is 1. The minimum atomic E-state index is -1.56. The Morgan fingerprint density at radius 3 is 2.06 bits per heavy atom. The number of ether oxygens (including phenoxy) is 2. The summed E-state index contributed by atoms with van der Waals surface area (Å²) in [6.45, 7) is 1.86. The molecule has 2 N–H and O–H groups in total. The first-order valence-electron chi connectivity index (χ1n) is 5.21. The molecule has 0 rings (SSSR count). The number of carboxylic acids is 1. The molecule has 0 bridgehead atoms. The van der Waals surface area contributed by atoms with E-state index in [0.717, 1.165) is 12.2 Å². The highest BCUT2D eigenvalue weighted by molar-refractivity contribution is 5.91. The van der Waals surface area contributed by atoms with Crippen molar-refractivity contribution in [2.24, 2.45) is 5.41 Å². The van der Waals surface area contributed by atoms with Crippen molar-refractivity contribution in [1.82, 2.24) is 0 Å². The zero-order valence-corrected chi connectivity index (χ0v) is 10.2. The van der Waals surface area contributed by atoms with Gasteiger partial charge in [-0.3, -0.25) is 4.79 Å². The Hall–Kier alpha value is -1.89. The Kier molecular flexibility index (Phi) is 6.66. The first-order chi connectivity index (χ1) is 8.35. The third kappa shape index (κ3) is 5.44. The molecular weight excluding hydrogens is 244 g/mol. The van der Waals surface area contributed by atoms with Gasteiger partial charge in [0.1, 0.15) is 12.0 Å². The van der Waals surface area contributed by atoms with Gasteiger partial charge >= 0.3 is 17.9 Å². The zero-order chi connectivity index (χ0) is 14.2. The number of carboxylic acid groups (broad SMARTS) is 1. The van der Waals surface area contributed by atoms with E-state index in [1.807, 2.05) is 0 Å². The number of hydrogen-bond donors (Lipinski definition) is 2. The van der Waals surface area contributed by atoms with E-state index in [0.29, 0.717) is 0 Å². The molecule has 0 saturated heterocycles. The van der Waals surface area contributed by atoms with Crippen LogP contribution in [0.2, 0.25) is 0 Å².